The maximum Gasteiger partial charge on any atom is 0.260 e. The Morgan fingerprint density at radius 1 is 1.33 bits per heavy atom. The highest BCUT2D eigenvalue weighted by atomic mass is 32.1. The molecule has 0 saturated carbocycles. The highest BCUT2D eigenvalue weighted by Crippen LogP contribution is 2.36. The monoisotopic (exact) mass is 510 g/mol. The Morgan fingerprint density at radius 3 is 2.81 bits per heavy atom. The Labute approximate surface area is 214 Å². The Kier molecular flexibility index (Phi) is 7.50. The predicted octanol–water partition coefficient (Wildman–Crippen LogP) is 6.66. The van der Waals surface area contributed by atoms with Gasteiger partial charge in [-0.1, -0.05) is 12.7 Å². The van der Waals surface area contributed by atoms with Gasteiger partial charge in [-0.05, 0) is 81.6 Å². The number of benzene rings is 1. The van der Waals surface area contributed by atoms with Gasteiger partial charge in [0.1, 0.15) is 5.60 Å². The fourth-order valence-corrected chi connectivity index (χ4v) is 5.20. The van der Waals surface area contributed by atoms with Crippen LogP contribution in [0.3, 0.4) is 0 Å². The summed E-state index contributed by atoms with van der Waals surface area (Å²) >= 11 is 1.60. The minimum atomic E-state index is -2.63. The number of aliphatic imine (C=N–C) groups is 1. The zero-order valence-electron chi connectivity index (χ0n) is 21.2. The van der Waals surface area contributed by atoms with Gasteiger partial charge < -0.3 is 5.11 Å². The van der Waals surface area contributed by atoms with Crippen LogP contribution < -0.4 is 0 Å². The number of aryl methyl sites for hydroxylation is 1. The Morgan fingerprint density at radius 2 is 2.11 bits per heavy atom. The number of hydrogen-bond acceptors (Lipinski definition) is 6. The van der Waals surface area contributed by atoms with Crippen molar-refractivity contribution in [2.75, 3.05) is 13.1 Å². The number of allylic oxidation sites excluding steroid dienone is 2. The third-order valence-corrected chi connectivity index (χ3v) is 7.31. The summed E-state index contributed by atoms with van der Waals surface area (Å²) in [6.45, 7) is 12.0. The van der Waals surface area contributed by atoms with Gasteiger partial charge in [-0.15, -0.1) is 11.3 Å². The van der Waals surface area contributed by atoms with Crippen LogP contribution in [0.5, 0.6) is 0 Å². The third kappa shape index (κ3) is 6.11. The first-order chi connectivity index (χ1) is 16.9. The lowest BCUT2D eigenvalue weighted by Crippen LogP contribution is -2.42. The van der Waals surface area contributed by atoms with Crippen molar-refractivity contribution < 1.29 is 13.9 Å². The number of nitrogens with zero attached hydrogens (tertiary/aromatic N) is 4. The number of alkyl halides is 2. The highest BCUT2D eigenvalue weighted by Gasteiger charge is 2.34. The largest absolute Gasteiger partial charge is 0.384 e. The molecule has 3 heterocycles. The molecular weight excluding hydrogens is 478 g/mol. The maximum atomic E-state index is 13.9. The van der Waals surface area contributed by atoms with Gasteiger partial charge in [-0.3, -0.25) is 14.9 Å². The number of piperidine rings is 1. The van der Waals surface area contributed by atoms with Gasteiger partial charge in [0.15, 0.2) is 0 Å². The minimum Gasteiger partial charge on any atom is -0.384 e. The molecule has 4 rings (SSSR count). The normalized spacial score (nSPS) is 17.2. The fraction of sp³-hybridized carbons (Fsp3) is 0.393. The molecule has 1 aliphatic heterocycles. The van der Waals surface area contributed by atoms with Crippen molar-refractivity contribution in [3.05, 3.63) is 64.9 Å². The van der Waals surface area contributed by atoms with Crippen LogP contribution in [0.4, 0.5) is 8.78 Å². The number of aromatic nitrogens is 2. The summed E-state index contributed by atoms with van der Waals surface area (Å²) in [5, 5.41) is 11.1. The first-order valence-electron chi connectivity index (χ1n) is 12.0. The zero-order valence-corrected chi connectivity index (χ0v) is 22.0. The third-order valence-electron chi connectivity index (χ3n) is 6.29. The Bertz CT molecular complexity index is 1340. The van der Waals surface area contributed by atoms with Crippen LogP contribution in [0.1, 0.15) is 49.7 Å². The summed E-state index contributed by atoms with van der Waals surface area (Å²) in [5.74, 6) is -2.63. The topological polar surface area (TPSA) is 61.6 Å². The number of hydrogen-bond donors (Lipinski definition) is 1. The lowest BCUT2D eigenvalue weighted by atomic mass is 10.00. The van der Waals surface area contributed by atoms with E-state index in [-0.39, 0.29) is 13.0 Å². The lowest BCUT2D eigenvalue weighted by Gasteiger charge is -2.32. The van der Waals surface area contributed by atoms with E-state index in [4.69, 9.17) is 4.98 Å². The van der Waals surface area contributed by atoms with Gasteiger partial charge >= 0.3 is 0 Å². The van der Waals surface area contributed by atoms with E-state index < -0.39 is 11.5 Å². The first-order valence-corrected chi connectivity index (χ1v) is 12.9. The summed E-state index contributed by atoms with van der Waals surface area (Å²) in [5.41, 5.74) is 4.56. The van der Waals surface area contributed by atoms with Crippen molar-refractivity contribution in [2.24, 2.45) is 4.99 Å². The molecule has 0 spiro atoms. The molecule has 190 valence electrons. The molecule has 5 nitrogen and oxygen atoms in total. The van der Waals surface area contributed by atoms with Crippen LogP contribution in [0.2, 0.25) is 0 Å². The van der Waals surface area contributed by atoms with Crippen molar-refractivity contribution in [3.8, 4) is 11.3 Å². The van der Waals surface area contributed by atoms with Crippen molar-refractivity contribution in [3.63, 3.8) is 0 Å². The molecule has 0 aliphatic carbocycles. The molecule has 1 saturated heterocycles. The summed E-state index contributed by atoms with van der Waals surface area (Å²) in [6.07, 6.45) is 5.85. The molecule has 0 amide bonds. The van der Waals surface area contributed by atoms with E-state index in [1.165, 1.54) is 0 Å². The van der Waals surface area contributed by atoms with Gasteiger partial charge in [0.2, 0.25) is 0 Å². The lowest BCUT2D eigenvalue weighted by molar-refractivity contribution is -0.0661. The van der Waals surface area contributed by atoms with Crippen molar-refractivity contribution in [2.45, 2.75) is 58.6 Å². The smallest absolute Gasteiger partial charge is 0.260 e. The van der Waals surface area contributed by atoms with E-state index in [0.29, 0.717) is 25.2 Å². The highest BCUT2D eigenvalue weighted by molar-refractivity contribution is 7.19. The van der Waals surface area contributed by atoms with Crippen molar-refractivity contribution in [1.82, 2.24) is 14.9 Å². The van der Waals surface area contributed by atoms with E-state index in [2.05, 4.69) is 22.6 Å². The second-order valence-electron chi connectivity index (χ2n) is 9.83. The molecule has 2 aromatic heterocycles. The molecular formula is C28H32F2N4OS. The van der Waals surface area contributed by atoms with Crippen molar-refractivity contribution >= 4 is 33.3 Å². The standard InChI is InChI=1S/C28H32F2N4OS/c1-6-21(15-32-18(2)27(4,5)35)22-13-23(26-25(14-22)33-19(3)36-26)24-12-20(8-10-31-24)16-34-11-7-9-28(29,30)17-34/h6,8,10,12-15,35H,2,7,9,11,16-17H2,1,3-5H3/b21-6+,32-15?. The fourth-order valence-electron chi connectivity index (χ4n) is 4.28. The number of fused-ring (bicyclic) bond motifs is 1. The summed E-state index contributed by atoms with van der Waals surface area (Å²) in [6, 6.07) is 7.97. The maximum absolute atomic E-state index is 13.9. The van der Waals surface area contributed by atoms with Gasteiger partial charge in [0, 0.05) is 30.9 Å². The molecule has 3 aromatic rings. The minimum absolute atomic E-state index is 0.0413. The van der Waals surface area contributed by atoms with Crippen LogP contribution in [-0.4, -0.2) is 50.8 Å². The van der Waals surface area contributed by atoms with Crippen LogP contribution >= 0.6 is 11.3 Å². The van der Waals surface area contributed by atoms with Gasteiger partial charge in [-0.25, -0.2) is 13.8 Å². The predicted molar refractivity (Wildman–Crippen MR) is 145 cm³/mol. The molecule has 8 heteroatoms. The average molecular weight is 511 g/mol. The van der Waals surface area contributed by atoms with E-state index in [0.717, 1.165) is 43.2 Å². The zero-order chi connectivity index (χ0) is 26.1. The van der Waals surface area contributed by atoms with Crippen molar-refractivity contribution in [1.29, 1.82) is 0 Å². The number of halogens is 2. The molecule has 0 unspecified atom stereocenters. The van der Waals surface area contributed by atoms with E-state index in [1.807, 2.05) is 43.0 Å². The Hall–Kier alpha value is -2.81. The van der Waals surface area contributed by atoms with Gasteiger partial charge in [0.25, 0.3) is 5.92 Å². The van der Waals surface area contributed by atoms with Crippen LogP contribution in [-0.2, 0) is 6.54 Å². The number of aliphatic hydroxyl groups is 1. The summed E-state index contributed by atoms with van der Waals surface area (Å²) in [4.78, 5) is 15.5. The van der Waals surface area contributed by atoms with E-state index in [1.54, 1.807) is 37.6 Å². The molecule has 1 fully saturated rings. The number of rotatable bonds is 7. The van der Waals surface area contributed by atoms with Gasteiger partial charge in [0.05, 0.1) is 33.2 Å². The molecule has 0 radical (unpaired) electrons. The SMILES string of the molecule is C=C(N=C/C(=C\C)c1cc(-c2cc(CN3CCCC(F)(F)C3)ccn2)c2sc(C)nc2c1)C(C)(C)O. The summed E-state index contributed by atoms with van der Waals surface area (Å²) in [7, 11) is 0. The average Bonchev–Trinajstić information content (AvgIpc) is 3.17. The van der Waals surface area contributed by atoms with Gasteiger partial charge in [-0.2, -0.15) is 0 Å². The second kappa shape index (κ2) is 10.3. The van der Waals surface area contributed by atoms with E-state index in [9.17, 15) is 13.9 Å². The molecule has 1 aromatic carbocycles. The summed E-state index contributed by atoms with van der Waals surface area (Å²) < 4.78 is 28.9. The number of likely N-dealkylation sites (tertiary alicyclic amines) is 1. The second-order valence-corrected chi connectivity index (χ2v) is 11.0. The number of pyridine rings is 1. The first kappa shape index (κ1) is 26.3. The van der Waals surface area contributed by atoms with Crippen LogP contribution in [0.25, 0.3) is 27.0 Å². The molecule has 0 atom stereocenters. The quantitative estimate of drug-likeness (QED) is 0.361. The van der Waals surface area contributed by atoms with E-state index >= 15 is 0 Å². The molecule has 1 N–H and O–H groups in total. The number of thiazole rings is 1. The van der Waals surface area contributed by atoms with Crippen LogP contribution in [0, 0.1) is 6.92 Å². The molecule has 36 heavy (non-hydrogen) atoms. The molecule has 0 bridgehead atoms. The molecule has 1 aliphatic rings. The van der Waals surface area contributed by atoms with Crippen LogP contribution in [0.15, 0.2) is 53.8 Å². The Balaban J connectivity index is 1.71.